The number of anilines is 1. The molecule has 0 bridgehead atoms. The summed E-state index contributed by atoms with van der Waals surface area (Å²) in [6.07, 6.45) is -0.320. The predicted molar refractivity (Wildman–Crippen MR) is 89.4 cm³/mol. The predicted octanol–water partition coefficient (Wildman–Crippen LogP) is 3.40. The smallest absolute Gasteiger partial charge is 0.271 e. The van der Waals surface area contributed by atoms with Gasteiger partial charge in [-0.15, -0.1) is 0 Å². The number of carbonyl (C=O) groups excluding carboxylic acids is 1. The van der Waals surface area contributed by atoms with Gasteiger partial charge < -0.3 is 14.8 Å². The molecular formula is C17H18N2O5. The molecule has 0 saturated heterocycles. The summed E-state index contributed by atoms with van der Waals surface area (Å²) in [6.45, 7) is 1.81. The molecule has 1 atom stereocenters. The maximum atomic E-state index is 12.4. The second-order valence-corrected chi connectivity index (χ2v) is 4.96. The topological polar surface area (TPSA) is 90.7 Å². The molecule has 7 nitrogen and oxygen atoms in total. The number of nitrogens with zero attached hydrogens (tertiary/aromatic N) is 1. The average Bonchev–Trinajstić information content (AvgIpc) is 2.60. The van der Waals surface area contributed by atoms with Crippen LogP contribution in [0.2, 0.25) is 0 Å². The van der Waals surface area contributed by atoms with E-state index in [4.69, 9.17) is 9.47 Å². The molecule has 0 spiro atoms. The van der Waals surface area contributed by atoms with Gasteiger partial charge in [0.2, 0.25) is 0 Å². The number of ether oxygens (including phenoxy) is 2. The number of nitro groups is 1. The van der Waals surface area contributed by atoms with Gasteiger partial charge in [-0.2, -0.15) is 0 Å². The molecule has 2 aromatic rings. The lowest BCUT2D eigenvalue weighted by Gasteiger charge is -2.18. The highest BCUT2D eigenvalue weighted by molar-refractivity contribution is 5.94. The molecule has 1 amide bonds. The van der Waals surface area contributed by atoms with Crippen LogP contribution < -0.4 is 14.8 Å². The molecule has 0 radical (unpaired) electrons. The van der Waals surface area contributed by atoms with Crippen molar-refractivity contribution >= 4 is 17.3 Å². The third-order valence-electron chi connectivity index (χ3n) is 3.33. The van der Waals surface area contributed by atoms with Crippen molar-refractivity contribution in [2.24, 2.45) is 0 Å². The molecule has 2 rings (SSSR count). The molecular weight excluding hydrogens is 312 g/mol. The quantitative estimate of drug-likeness (QED) is 0.620. The zero-order valence-electron chi connectivity index (χ0n) is 13.4. The summed E-state index contributed by atoms with van der Waals surface area (Å²) >= 11 is 0. The Bertz CT molecular complexity index is 732. The van der Waals surface area contributed by atoms with E-state index in [2.05, 4.69) is 5.32 Å². The van der Waals surface area contributed by atoms with Crippen LogP contribution in [-0.4, -0.2) is 24.0 Å². The van der Waals surface area contributed by atoms with E-state index in [1.54, 1.807) is 30.3 Å². The van der Waals surface area contributed by atoms with Gasteiger partial charge >= 0.3 is 0 Å². The largest absolute Gasteiger partial charge is 0.493 e. The number of nitro benzene ring substituents is 1. The monoisotopic (exact) mass is 330 g/mol. The Morgan fingerprint density at radius 1 is 1.21 bits per heavy atom. The Kier molecular flexibility index (Phi) is 5.73. The molecule has 2 aromatic carbocycles. The van der Waals surface area contributed by atoms with Gasteiger partial charge in [0.05, 0.1) is 12.0 Å². The molecule has 0 unspecified atom stereocenters. The van der Waals surface area contributed by atoms with Crippen LogP contribution in [-0.2, 0) is 4.79 Å². The summed E-state index contributed by atoms with van der Waals surface area (Å²) in [6, 6.07) is 12.8. The van der Waals surface area contributed by atoms with E-state index in [0.717, 1.165) is 0 Å². The van der Waals surface area contributed by atoms with E-state index in [0.29, 0.717) is 23.6 Å². The second-order valence-electron chi connectivity index (χ2n) is 4.96. The van der Waals surface area contributed by atoms with Crippen molar-refractivity contribution in [1.29, 1.82) is 0 Å². The maximum Gasteiger partial charge on any atom is 0.271 e. The maximum absolute atomic E-state index is 12.4. The number of non-ortho nitro benzene ring substituents is 1. The van der Waals surface area contributed by atoms with Crippen LogP contribution in [0.25, 0.3) is 0 Å². The van der Waals surface area contributed by atoms with Gasteiger partial charge in [-0.25, -0.2) is 0 Å². The van der Waals surface area contributed by atoms with Crippen LogP contribution in [0.5, 0.6) is 11.5 Å². The average molecular weight is 330 g/mol. The lowest BCUT2D eigenvalue weighted by atomic mass is 10.2. The van der Waals surface area contributed by atoms with E-state index in [1.165, 1.54) is 25.3 Å². The Morgan fingerprint density at radius 3 is 2.54 bits per heavy atom. The number of rotatable bonds is 7. The number of carbonyl (C=O) groups is 1. The van der Waals surface area contributed by atoms with Crippen molar-refractivity contribution in [3.8, 4) is 11.5 Å². The van der Waals surface area contributed by atoms with Crippen LogP contribution in [0.1, 0.15) is 13.3 Å². The molecule has 126 valence electrons. The number of hydrogen-bond donors (Lipinski definition) is 1. The van der Waals surface area contributed by atoms with Crippen molar-refractivity contribution in [3.63, 3.8) is 0 Å². The molecule has 0 aliphatic carbocycles. The molecule has 0 aliphatic heterocycles. The lowest BCUT2D eigenvalue weighted by molar-refractivity contribution is -0.384. The molecule has 7 heteroatoms. The first-order valence-electron chi connectivity index (χ1n) is 7.40. The number of hydrogen-bond acceptors (Lipinski definition) is 5. The number of nitrogens with one attached hydrogen (secondary N) is 1. The standard InChI is InChI=1S/C17H18N2O5/c1-3-14(24-16-10-5-4-9-15(16)23-2)17(20)18-12-7-6-8-13(11-12)19(21)22/h4-11,14H,3H2,1-2H3,(H,18,20)/t14-/m0/s1. The van der Waals surface area contributed by atoms with E-state index < -0.39 is 11.0 Å². The van der Waals surface area contributed by atoms with Crippen molar-refractivity contribution < 1.29 is 19.2 Å². The highest BCUT2D eigenvalue weighted by Crippen LogP contribution is 2.27. The zero-order valence-corrected chi connectivity index (χ0v) is 13.4. The number of amides is 1. The first-order chi connectivity index (χ1) is 11.5. The van der Waals surface area contributed by atoms with E-state index in [-0.39, 0.29) is 11.6 Å². The highest BCUT2D eigenvalue weighted by Gasteiger charge is 2.20. The molecule has 0 saturated carbocycles. The summed E-state index contributed by atoms with van der Waals surface area (Å²) in [7, 11) is 1.52. The number of para-hydroxylation sites is 2. The minimum atomic E-state index is -0.749. The summed E-state index contributed by atoms with van der Waals surface area (Å²) < 4.78 is 10.9. The zero-order chi connectivity index (χ0) is 17.5. The first kappa shape index (κ1) is 17.3. The fourth-order valence-corrected chi connectivity index (χ4v) is 2.11. The third kappa shape index (κ3) is 4.22. The number of methoxy groups -OCH3 is 1. The molecule has 0 aliphatic rings. The summed E-state index contributed by atoms with van der Waals surface area (Å²) in [4.78, 5) is 22.7. The minimum Gasteiger partial charge on any atom is -0.493 e. The van der Waals surface area contributed by atoms with Gasteiger partial charge in [-0.05, 0) is 24.6 Å². The Morgan fingerprint density at radius 2 is 1.92 bits per heavy atom. The fraction of sp³-hybridized carbons (Fsp3) is 0.235. The molecule has 0 heterocycles. The highest BCUT2D eigenvalue weighted by atomic mass is 16.6. The van der Waals surface area contributed by atoms with Gasteiger partial charge in [0, 0.05) is 17.8 Å². The van der Waals surface area contributed by atoms with Gasteiger partial charge in [-0.3, -0.25) is 14.9 Å². The number of benzene rings is 2. The van der Waals surface area contributed by atoms with E-state index in [1.807, 2.05) is 6.92 Å². The summed E-state index contributed by atoms with van der Waals surface area (Å²) in [5, 5.41) is 13.4. The van der Waals surface area contributed by atoms with Crippen molar-refractivity contribution in [2.75, 3.05) is 12.4 Å². The minimum absolute atomic E-state index is 0.0912. The van der Waals surface area contributed by atoms with Crippen molar-refractivity contribution in [2.45, 2.75) is 19.4 Å². The summed E-state index contributed by atoms with van der Waals surface area (Å²) in [5.74, 6) is 0.601. The van der Waals surface area contributed by atoms with E-state index >= 15 is 0 Å². The Hall–Kier alpha value is -3.09. The van der Waals surface area contributed by atoms with Crippen LogP contribution >= 0.6 is 0 Å². The third-order valence-corrected chi connectivity index (χ3v) is 3.33. The van der Waals surface area contributed by atoms with Crippen LogP contribution in [0.15, 0.2) is 48.5 Å². The van der Waals surface area contributed by atoms with Crippen molar-refractivity contribution in [3.05, 3.63) is 58.6 Å². The van der Waals surface area contributed by atoms with Gasteiger partial charge in [-0.1, -0.05) is 25.1 Å². The van der Waals surface area contributed by atoms with Crippen molar-refractivity contribution in [1.82, 2.24) is 0 Å². The fourth-order valence-electron chi connectivity index (χ4n) is 2.11. The van der Waals surface area contributed by atoms with Gasteiger partial charge in [0.25, 0.3) is 11.6 Å². The van der Waals surface area contributed by atoms with Gasteiger partial charge in [0.15, 0.2) is 17.6 Å². The SMILES string of the molecule is CC[C@H](Oc1ccccc1OC)C(=O)Nc1cccc([N+](=O)[O-])c1. The molecule has 0 aromatic heterocycles. The van der Waals surface area contributed by atoms with Crippen LogP contribution in [0.4, 0.5) is 11.4 Å². The Labute approximate surface area is 139 Å². The molecule has 0 fully saturated rings. The molecule has 24 heavy (non-hydrogen) atoms. The first-order valence-corrected chi connectivity index (χ1v) is 7.40. The van der Waals surface area contributed by atoms with Crippen LogP contribution in [0.3, 0.4) is 0 Å². The van der Waals surface area contributed by atoms with Crippen LogP contribution in [0, 0.1) is 10.1 Å². The second kappa shape index (κ2) is 7.96. The Balaban J connectivity index is 2.11. The molecule has 1 N–H and O–H groups in total. The van der Waals surface area contributed by atoms with E-state index in [9.17, 15) is 14.9 Å². The lowest BCUT2D eigenvalue weighted by Crippen LogP contribution is -2.32. The normalized spacial score (nSPS) is 11.4. The summed E-state index contributed by atoms with van der Waals surface area (Å²) in [5.41, 5.74) is 0.253. The van der Waals surface area contributed by atoms with Gasteiger partial charge in [0.1, 0.15) is 0 Å².